The van der Waals surface area contributed by atoms with E-state index in [0.717, 1.165) is 42.9 Å². The third-order valence-electron chi connectivity index (χ3n) is 4.93. The minimum absolute atomic E-state index is 0.270. The van der Waals surface area contributed by atoms with Crippen LogP contribution in [0.1, 0.15) is 30.0 Å². The van der Waals surface area contributed by atoms with Crippen LogP contribution in [0, 0.1) is 11.3 Å². The standard InChI is InChI=1S/C20H21N7O/c1-28-18-8-14(13-4-6-22-7-5-13)2-3-16(18)17-9-19(27-26-17)25-20-12-23-15(10-21)11-24-20/h2-3,8-9,11-13,22H,4-7H2,1H3,(H2,24,25,26,27). The number of nitrogens with one attached hydrogen (secondary N) is 3. The number of nitriles is 1. The topological polar surface area (TPSA) is 112 Å². The number of nitrogens with zero attached hydrogens (tertiary/aromatic N) is 4. The monoisotopic (exact) mass is 375 g/mol. The zero-order valence-electron chi connectivity index (χ0n) is 15.6. The molecule has 2 aromatic heterocycles. The maximum atomic E-state index is 8.79. The molecule has 8 heteroatoms. The van der Waals surface area contributed by atoms with Crippen molar-refractivity contribution in [2.75, 3.05) is 25.5 Å². The van der Waals surface area contributed by atoms with Crippen LogP contribution >= 0.6 is 0 Å². The predicted molar refractivity (Wildman–Crippen MR) is 105 cm³/mol. The van der Waals surface area contributed by atoms with Gasteiger partial charge in [-0.15, -0.1) is 0 Å². The van der Waals surface area contributed by atoms with Gasteiger partial charge in [0.15, 0.2) is 11.5 Å². The van der Waals surface area contributed by atoms with Crippen LogP contribution in [0.3, 0.4) is 0 Å². The van der Waals surface area contributed by atoms with Gasteiger partial charge in [0.2, 0.25) is 0 Å². The van der Waals surface area contributed by atoms with E-state index >= 15 is 0 Å². The smallest absolute Gasteiger partial charge is 0.158 e. The summed E-state index contributed by atoms with van der Waals surface area (Å²) in [5.74, 6) is 2.52. The number of H-pyrrole nitrogens is 1. The molecule has 0 bridgehead atoms. The SMILES string of the molecule is COc1cc(C2CCNCC2)ccc1-c1cc(Nc2cnc(C#N)cn2)n[nH]1. The van der Waals surface area contributed by atoms with Crippen LogP contribution in [0.5, 0.6) is 5.75 Å². The Bertz CT molecular complexity index is 985. The number of methoxy groups -OCH3 is 1. The Balaban J connectivity index is 1.54. The minimum Gasteiger partial charge on any atom is -0.496 e. The highest BCUT2D eigenvalue weighted by molar-refractivity contribution is 5.71. The molecule has 4 rings (SSSR count). The summed E-state index contributed by atoms with van der Waals surface area (Å²) in [4.78, 5) is 8.14. The molecule has 1 saturated heterocycles. The molecule has 1 fully saturated rings. The number of hydrogen-bond acceptors (Lipinski definition) is 7. The summed E-state index contributed by atoms with van der Waals surface area (Å²) in [7, 11) is 1.69. The van der Waals surface area contributed by atoms with E-state index < -0.39 is 0 Å². The van der Waals surface area contributed by atoms with E-state index in [9.17, 15) is 0 Å². The molecule has 142 valence electrons. The average molecular weight is 375 g/mol. The van der Waals surface area contributed by atoms with Gasteiger partial charge in [0.1, 0.15) is 17.6 Å². The highest BCUT2D eigenvalue weighted by Crippen LogP contribution is 2.35. The Morgan fingerprint density at radius 2 is 2.00 bits per heavy atom. The average Bonchev–Trinajstić information content (AvgIpc) is 3.22. The molecule has 0 unspecified atom stereocenters. The lowest BCUT2D eigenvalue weighted by Crippen LogP contribution is -2.26. The Hall–Kier alpha value is -3.44. The number of hydrogen-bond donors (Lipinski definition) is 3. The zero-order chi connectivity index (χ0) is 19.3. The molecule has 1 aromatic carbocycles. The van der Waals surface area contributed by atoms with Gasteiger partial charge in [-0.1, -0.05) is 6.07 Å². The molecule has 3 heterocycles. The molecule has 0 aliphatic carbocycles. The third-order valence-corrected chi connectivity index (χ3v) is 4.93. The quantitative estimate of drug-likeness (QED) is 0.628. The largest absolute Gasteiger partial charge is 0.496 e. The number of benzene rings is 1. The zero-order valence-corrected chi connectivity index (χ0v) is 15.6. The fraction of sp³-hybridized carbons (Fsp3) is 0.300. The summed E-state index contributed by atoms with van der Waals surface area (Å²) in [5, 5.41) is 22.6. The minimum atomic E-state index is 0.270. The van der Waals surface area contributed by atoms with E-state index in [2.05, 4.69) is 49.0 Å². The van der Waals surface area contributed by atoms with Crippen molar-refractivity contribution >= 4 is 11.6 Å². The van der Waals surface area contributed by atoms with Crippen LogP contribution in [0.15, 0.2) is 36.7 Å². The van der Waals surface area contributed by atoms with E-state index in [1.807, 2.05) is 12.1 Å². The van der Waals surface area contributed by atoms with Crippen molar-refractivity contribution in [2.24, 2.45) is 0 Å². The number of rotatable bonds is 5. The number of ether oxygens (including phenoxy) is 1. The first-order valence-corrected chi connectivity index (χ1v) is 9.20. The van der Waals surface area contributed by atoms with Gasteiger partial charge in [0, 0.05) is 11.6 Å². The third kappa shape index (κ3) is 3.80. The van der Waals surface area contributed by atoms with Gasteiger partial charge in [-0.25, -0.2) is 9.97 Å². The Morgan fingerprint density at radius 3 is 2.71 bits per heavy atom. The first kappa shape index (κ1) is 17.9. The molecule has 28 heavy (non-hydrogen) atoms. The molecule has 0 saturated carbocycles. The molecule has 0 spiro atoms. The predicted octanol–water partition coefficient (Wildman–Crippen LogP) is 2.96. The van der Waals surface area contributed by atoms with Crippen LogP contribution in [0.4, 0.5) is 11.6 Å². The summed E-state index contributed by atoms with van der Waals surface area (Å²) in [6.45, 7) is 2.12. The van der Waals surface area contributed by atoms with E-state index in [1.54, 1.807) is 7.11 Å². The van der Waals surface area contributed by atoms with E-state index in [-0.39, 0.29) is 5.69 Å². The molecular weight excluding hydrogens is 354 g/mol. The van der Waals surface area contributed by atoms with Gasteiger partial charge in [-0.3, -0.25) is 5.10 Å². The fourth-order valence-corrected chi connectivity index (χ4v) is 3.44. The fourth-order valence-electron chi connectivity index (χ4n) is 3.44. The molecule has 1 aliphatic heterocycles. The Morgan fingerprint density at radius 1 is 1.14 bits per heavy atom. The van der Waals surface area contributed by atoms with E-state index in [1.165, 1.54) is 18.0 Å². The number of anilines is 2. The molecule has 3 N–H and O–H groups in total. The summed E-state index contributed by atoms with van der Waals surface area (Å²) in [5.41, 5.74) is 3.38. The van der Waals surface area contributed by atoms with Gasteiger partial charge in [-0.2, -0.15) is 10.4 Å². The van der Waals surface area contributed by atoms with Crippen molar-refractivity contribution in [3.8, 4) is 23.1 Å². The lowest BCUT2D eigenvalue weighted by Gasteiger charge is -2.23. The second kappa shape index (κ2) is 8.06. The summed E-state index contributed by atoms with van der Waals surface area (Å²) >= 11 is 0. The lowest BCUT2D eigenvalue weighted by molar-refractivity contribution is 0.412. The molecular formula is C20H21N7O. The molecule has 1 aliphatic rings. The summed E-state index contributed by atoms with van der Waals surface area (Å²) < 4.78 is 5.65. The summed E-state index contributed by atoms with van der Waals surface area (Å²) in [6, 6.07) is 10.2. The van der Waals surface area contributed by atoms with Crippen molar-refractivity contribution in [1.82, 2.24) is 25.5 Å². The second-order valence-corrected chi connectivity index (χ2v) is 6.67. The first-order valence-electron chi connectivity index (χ1n) is 9.20. The normalized spacial score (nSPS) is 14.4. The maximum Gasteiger partial charge on any atom is 0.158 e. The van der Waals surface area contributed by atoms with Gasteiger partial charge in [0.25, 0.3) is 0 Å². The van der Waals surface area contributed by atoms with Crippen LogP contribution in [-0.2, 0) is 0 Å². The van der Waals surface area contributed by atoms with Crippen LogP contribution < -0.4 is 15.4 Å². The molecule has 0 atom stereocenters. The van der Waals surface area contributed by atoms with Crippen molar-refractivity contribution in [2.45, 2.75) is 18.8 Å². The van der Waals surface area contributed by atoms with Crippen molar-refractivity contribution < 1.29 is 4.74 Å². The number of aromatic nitrogens is 4. The highest BCUT2D eigenvalue weighted by atomic mass is 16.5. The van der Waals surface area contributed by atoms with Crippen LogP contribution in [0.25, 0.3) is 11.3 Å². The van der Waals surface area contributed by atoms with Gasteiger partial charge in [0.05, 0.1) is 25.2 Å². The maximum absolute atomic E-state index is 8.79. The van der Waals surface area contributed by atoms with Crippen LogP contribution in [-0.4, -0.2) is 40.4 Å². The van der Waals surface area contributed by atoms with E-state index in [0.29, 0.717) is 17.6 Å². The first-order chi connectivity index (χ1) is 13.8. The van der Waals surface area contributed by atoms with Crippen molar-refractivity contribution in [3.63, 3.8) is 0 Å². The van der Waals surface area contributed by atoms with Crippen molar-refractivity contribution in [3.05, 3.63) is 47.9 Å². The van der Waals surface area contributed by atoms with Crippen molar-refractivity contribution in [1.29, 1.82) is 5.26 Å². The van der Waals surface area contributed by atoms with Crippen LogP contribution in [0.2, 0.25) is 0 Å². The van der Waals surface area contributed by atoms with Gasteiger partial charge in [-0.05, 0) is 49.5 Å². The molecule has 0 radical (unpaired) electrons. The number of aromatic amines is 1. The number of piperidine rings is 1. The van der Waals surface area contributed by atoms with Gasteiger partial charge >= 0.3 is 0 Å². The molecule has 0 amide bonds. The Kier molecular flexibility index (Phi) is 5.17. The highest BCUT2D eigenvalue weighted by Gasteiger charge is 2.18. The molecule has 8 nitrogen and oxygen atoms in total. The van der Waals surface area contributed by atoms with E-state index in [4.69, 9.17) is 10.00 Å². The Labute approximate surface area is 163 Å². The second-order valence-electron chi connectivity index (χ2n) is 6.67. The molecule has 3 aromatic rings. The summed E-state index contributed by atoms with van der Waals surface area (Å²) in [6.07, 6.45) is 5.21. The van der Waals surface area contributed by atoms with Gasteiger partial charge < -0.3 is 15.4 Å². The lowest BCUT2D eigenvalue weighted by atomic mass is 9.89.